The van der Waals surface area contributed by atoms with Crippen molar-refractivity contribution in [2.24, 2.45) is 0 Å². The van der Waals surface area contributed by atoms with Crippen molar-refractivity contribution in [3.63, 3.8) is 0 Å². The van der Waals surface area contributed by atoms with Crippen LogP contribution in [0.3, 0.4) is 0 Å². The second-order valence-corrected chi connectivity index (χ2v) is 14.4. The van der Waals surface area contributed by atoms with Gasteiger partial charge < -0.3 is 25.2 Å². The first kappa shape index (κ1) is 30.2. The number of nitrogens with zero attached hydrogens (tertiary/aromatic N) is 4. The molecule has 2 fully saturated rings. The largest absolute Gasteiger partial charge is 0.377 e. The van der Waals surface area contributed by atoms with Gasteiger partial charge in [-0.05, 0) is 72.0 Å². The number of anilines is 2. The van der Waals surface area contributed by atoms with Gasteiger partial charge in [0.15, 0.2) is 15.7 Å². The van der Waals surface area contributed by atoms with Gasteiger partial charge in [-0.3, -0.25) is 0 Å². The molecule has 1 aliphatic carbocycles. The number of benzene rings is 1. The number of amides is 2. The van der Waals surface area contributed by atoms with E-state index < -0.39 is 14.6 Å². The Balaban J connectivity index is 1.65. The maximum Gasteiger partial charge on any atom is 0.319 e. The van der Waals surface area contributed by atoms with Crippen LogP contribution >= 0.6 is 0 Å². The molecule has 2 aliphatic rings. The summed E-state index contributed by atoms with van der Waals surface area (Å²) in [6, 6.07) is 8.98. The Morgan fingerprint density at radius 1 is 1.12 bits per heavy atom. The number of hydrogen-bond donors (Lipinski definition) is 2. The number of rotatable bonds is 9. The van der Waals surface area contributed by atoms with Crippen LogP contribution in [0.25, 0.3) is 11.4 Å². The smallest absolute Gasteiger partial charge is 0.319 e. The van der Waals surface area contributed by atoms with Gasteiger partial charge in [-0.2, -0.15) is 0 Å². The van der Waals surface area contributed by atoms with Crippen LogP contribution in [-0.2, 0) is 19.3 Å². The molecule has 1 saturated carbocycles. The van der Waals surface area contributed by atoms with Crippen molar-refractivity contribution in [1.29, 1.82) is 0 Å². The van der Waals surface area contributed by atoms with Crippen molar-refractivity contribution in [3.05, 3.63) is 36.0 Å². The maximum absolute atomic E-state index is 13.9. The van der Waals surface area contributed by atoms with Crippen molar-refractivity contribution in [3.8, 4) is 11.4 Å². The first-order chi connectivity index (χ1) is 19.0. The third-order valence-corrected chi connectivity index (χ3v) is 10.9. The fourth-order valence-corrected chi connectivity index (χ4v) is 7.48. The van der Waals surface area contributed by atoms with Gasteiger partial charge in [-0.1, -0.05) is 19.3 Å². The summed E-state index contributed by atoms with van der Waals surface area (Å²) in [5.41, 5.74) is 1.89. The molecule has 2 amide bonds. The second-order valence-electron chi connectivity index (χ2n) is 11.6. The summed E-state index contributed by atoms with van der Waals surface area (Å²) in [4.78, 5) is 26.1. The Kier molecular flexibility index (Phi) is 9.68. The summed E-state index contributed by atoms with van der Waals surface area (Å²) in [5, 5.41) is 5.32. The summed E-state index contributed by atoms with van der Waals surface area (Å²) in [7, 11) is 0.404. The molecular formula is C29H44N6O4S. The number of likely N-dealkylation sites (N-methyl/N-ethyl adjacent to an activating group) is 1. The molecule has 0 radical (unpaired) electrons. The lowest BCUT2D eigenvalue weighted by atomic mass is 10.0. The molecule has 0 unspecified atom stereocenters. The topological polar surface area (TPSA) is 117 Å². The molecule has 4 rings (SSSR count). The monoisotopic (exact) mass is 572 g/mol. The third kappa shape index (κ3) is 6.92. The Hall–Kier alpha value is -2.76. The fourth-order valence-electron chi connectivity index (χ4n) is 5.30. The van der Waals surface area contributed by atoms with Crippen LogP contribution < -0.4 is 15.5 Å². The SMILES string of the molecule is C[C@H]1COCCN1c1cc(C(C)(C)S(=O)(=O)C2CCCCC2)nc(-c2ccc(NC(=O)NCCN(C)C)cc2)n1. The highest BCUT2D eigenvalue weighted by Crippen LogP contribution is 2.39. The van der Waals surface area contributed by atoms with Crippen LogP contribution in [0.1, 0.15) is 58.6 Å². The van der Waals surface area contributed by atoms with Gasteiger partial charge in [0.05, 0.1) is 30.2 Å². The molecule has 40 heavy (non-hydrogen) atoms. The van der Waals surface area contributed by atoms with E-state index in [4.69, 9.17) is 14.7 Å². The van der Waals surface area contributed by atoms with Crippen LogP contribution in [0.2, 0.25) is 0 Å². The predicted octanol–water partition coefficient (Wildman–Crippen LogP) is 4.03. The molecule has 2 aromatic rings. The lowest BCUT2D eigenvalue weighted by molar-refractivity contribution is 0.0985. The Morgan fingerprint density at radius 2 is 1.82 bits per heavy atom. The molecular weight excluding hydrogens is 528 g/mol. The molecule has 1 aliphatic heterocycles. The van der Waals surface area contributed by atoms with Crippen molar-refractivity contribution in [2.45, 2.75) is 68.9 Å². The highest BCUT2D eigenvalue weighted by molar-refractivity contribution is 7.92. The van der Waals surface area contributed by atoms with Gasteiger partial charge in [-0.25, -0.2) is 23.2 Å². The number of sulfone groups is 1. The number of hydrogen-bond acceptors (Lipinski definition) is 8. The van der Waals surface area contributed by atoms with Crippen molar-refractivity contribution >= 4 is 27.4 Å². The van der Waals surface area contributed by atoms with E-state index in [1.165, 1.54) is 0 Å². The summed E-state index contributed by atoms with van der Waals surface area (Å²) >= 11 is 0. The average Bonchev–Trinajstić information content (AvgIpc) is 2.93. The number of morpholine rings is 1. The van der Waals surface area contributed by atoms with Gasteiger partial charge in [-0.15, -0.1) is 0 Å². The summed E-state index contributed by atoms with van der Waals surface area (Å²) in [5.74, 6) is 1.16. The van der Waals surface area contributed by atoms with E-state index in [1.54, 1.807) is 26.0 Å². The summed E-state index contributed by atoms with van der Waals surface area (Å²) < 4.78 is 32.3. The first-order valence-corrected chi connectivity index (χ1v) is 15.8. The summed E-state index contributed by atoms with van der Waals surface area (Å²) in [6.45, 7) is 8.74. The Labute approximate surface area is 238 Å². The van der Waals surface area contributed by atoms with Gasteiger partial charge in [0.25, 0.3) is 0 Å². The van der Waals surface area contributed by atoms with Crippen molar-refractivity contribution in [1.82, 2.24) is 20.2 Å². The molecule has 220 valence electrons. The van der Waals surface area contributed by atoms with Crippen LogP contribution in [0, 0.1) is 0 Å². The summed E-state index contributed by atoms with van der Waals surface area (Å²) in [6.07, 6.45) is 4.38. The third-order valence-electron chi connectivity index (χ3n) is 7.94. The van der Waals surface area contributed by atoms with Crippen molar-refractivity contribution < 1.29 is 17.9 Å². The van der Waals surface area contributed by atoms with E-state index in [0.717, 1.165) is 31.4 Å². The fraction of sp³-hybridized carbons (Fsp3) is 0.621. The van der Waals surface area contributed by atoms with Crippen LogP contribution in [-0.4, -0.2) is 87.6 Å². The minimum Gasteiger partial charge on any atom is -0.377 e. The number of carbonyl (C=O) groups excluding carboxylic acids is 1. The molecule has 10 nitrogen and oxygen atoms in total. The van der Waals surface area contributed by atoms with Gasteiger partial charge in [0, 0.05) is 37.0 Å². The molecule has 1 aromatic carbocycles. The van der Waals surface area contributed by atoms with Crippen LogP contribution in [0.15, 0.2) is 30.3 Å². The maximum atomic E-state index is 13.9. The van der Waals surface area contributed by atoms with Gasteiger partial charge in [0.2, 0.25) is 0 Å². The Morgan fingerprint density at radius 3 is 2.48 bits per heavy atom. The highest BCUT2D eigenvalue weighted by Gasteiger charge is 2.44. The molecule has 11 heteroatoms. The van der Waals surface area contributed by atoms with E-state index in [0.29, 0.717) is 62.2 Å². The van der Waals surface area contributed by atoms with Crippen LogP contribution in [0.4, 0.5) is 16.3 Å². The minimum atomic E-state index is -3.50. The normalized spacial score (nSPS) is 19.1. The number of urea groups is 1. The van der Waals surface area contributed by atoms with Gasteiger partial charge >= 0.3 is 6.03 Å². The van der Waals surface area contributed by atoms with Crippen LogP contribution in [0.5, 0.6) is 0 Å². The standard InChI is InChI=1S/C29H44N6O4S/c1-21-20-39-18-17-35(21)26-19-25(29(2,3)40(37,38)24-9-7-6-8-10-24)32-27(33-26)22-11-13-23(14-12-22)31-28(36)30-15-16-34(4)5/h11-14,19,21,24H,6-10,15-18,20H2,1-5H3,(H2,30,31,36)/t21-/m0/s1. The first-order valence-electron chi connectivity index (χ1n) is 14.3. The molecule has 1 atom stereocenters. The average molecular weight is 573 g/mol. The number of aromatic nitrogens is 2. The molecule has 1 aromatic heterocycles. The molecule has 2 N–H and O–H groups in total. The van der Waals surface area contributed by atoms with E-state index >= 15 is 0 Å². The molecule has 0 bridgehead atoms. The zero-order valence-corrected chi connectivity index (χ0v) is 25.3. The number of ether oxygens (including phenoxy) is 1. The van der Waals surface area contributed by atoms with Gasteiger partial charge in [0.1, 0.15) is 10.6 Å². The minimum absolute atomic E-state index is 0.0972. The number of nitrogens with one attached hydrogen (secondary N) is 2. The lowest BCUT2D eigenvalue weighted by Gasteiger charge is -2.36. The second kappa shape index (κ2) is 12.8. The van der Waals surface area contributed by atoms with E-state index in [9.17, 15) is 13.2 Å². The number of carbonyl (C=O) groups is 1. The zero-order chi connectivity index (χ0) is 28.9. The highest BCUT2D eigenvalue weighted by atomic mass is 32.2. The van der Waals surface area contributed by atoms with E-state index in [2.05, 4.69) is 22.5 Å². The molecule has 1 saturated heterocycles. The quantitative estimate of drug-likeness (QED) is 0.463. The lowest BCUT2D eigenvalue weighted by Crippen LogP contribution is -2.44. The zero-order valence-electron chi connectivity index (χ0n) is 24.4. The Bertz CT molecular complexity index is 1260. The molecule has 0 spiro atoms. The van der Waals surface area contributed by atoms with Crippen molar-refractivity contribution in [2.75, 3.05) is 57.2 Å². The van der Waals surface area contributed by atoms with E-state index in [-0.39, 0.29) is 17.3 Å². The predicted molar refractivity (Wildman–Crippen MR) is 159 cm³/mol. The molecule has 2 heterocycles. The van der Waals surface area contributed by atoms with E-state index in [1.807, 2.05) is 37.2 Å².